The molecule has 1 aromatic carbocycles. The van der Waals surface area contributed by atoms with Gasteiger partial charge in [-0.1, -0.05) is 19.3 Å². The van der Waals surface area contributed by atoms with Crippen molar-refractivity contribution in [3.63, 3.8) is 0 Å². The maximum atomic E-state index is 11.0. The van der Waals surface area contributed by atoms with E-state index in [1.165, 1.54) is 76.6 Å². The van der Waals surface area contributed by atoms with E-state index in [0.717, 1.165) is 31.0 Å². The normalized spacial score (nSPS) is 24.2. The molecule has 2 heterocycles. The highest BCUT2D eigenvalue weighted by Crippen LogP contribution is 2.35. The zero-order chi connectivity index (χ0) is 18.6. The molecule has 4 nitrogen and oxygen atoms in total. The van der Waals surface area contributed by atoms with E-state index < -0.39 is 5.97 Å². The predicted molar refractivity (Wildman–Crippen MR) is 110 cm³/mol. The van der Waals surface area contributed by atoms with Crippen molar-refractivity contribution >= 4 is 11.7 Å². The van der Waals surface area contributed by atoms with E-state index in [2.05, 4.69) is 9.80 Å². The number of rotatable bonds is 4. The summed E-state index contributed by atoms with van der Waals surface area (Å²) < 4.78 is 0. The smallest absolute Gasteiger partial charge is 0.335 e. The average Bonchev–Trinajstić information content (AvgIpc) is 2.75. The van der Waals surface area contributed by atoms with Crippen molar-refractivity contribution < 1.29 is 9.90 Å². The lowest BCUT2D eigenvalue weighted by atomic mass is 9.78. The Labute approximate surface area is 163 Å². The summed E-state index contributed by atoms with van der Waals surface area (Å²) in [5.74, 6) is 0.953. The van der Waals surface area contributed by atoms with Gasteiger partial charge >= 0.3 is 5.97 Å². The van der Waals surface area contributed by atoms with Gasteiger partial charge in [0, 0.05) is 24.8 Å². The van der Waals surface area contributed by atoms with E-state index in [0.29, 0.717) is 5.56 Å². The third-order valence-corrected chi connectivity index (χ3v) is 7.35. The molecule has 3 fully saturated rings. The van der Waals surface area contributed by atoms with E-state index in [9.17, 15) is 4.79 Å². The SMILES string of the molecule is O=C(O)c1ccc(N2CCC(C3CCN(C4CCCCC4)CC3)CC2)cc1. The molecule has 0 atom stereocenters. The first-order valence-electron chi connectivity index (χ1n) is 11.0. The maximum absolute atomic E-state index is 11.0. The molecule has 2 aliphatic heterocycles. The first-order chi connectivity index (χ1) is 13.2. The number of anilines is 1. The summed E-state index contributed by atoms with van der Waals surface area (Å²) in [4.78, 5) is 16.2. The topological polar surface area (TPSA) is 43.8 Å². The Morgan fingerprint density at radius 1 is 0.778 bits per heavy atom. The molecule has 0 aromatic heterocycles. The number of hydrogen-bond donors (Lipinski definition) is 1. The molecule has 0 amide bonds. The summed E-state index contributed by atoms with van der Waals surface area (Å²) in [6.45, 7) is 4.87. The zero-order valence-electron chi connectivity index (χ0n) is 16.5. The first kappa shape index (κ1) is 18.8. The van der Waals surface area contributed by atoms with Gasteiger partial charge in [0.1, 0.15) is 0 Å². The van der Waals surface area contributed by atoms with Gasteiger partial charge in [0.15, 0.2) is 0 Å². The molecule has 0 unspecified atom stereocenters. The monoisotopic (exact) mass is 370 g/mol. The summed E-state index contributed by atoms with van der Waals surface area (Å²) in [5.41, 5.74) is 1.55. The van der Waals surface area contributed by atoms with E-state index in [-0.39, 0.29) is 0 Å². The highest BCUT2D eigenvalue weighted by Gasteiger charge is 2.32. The molecule has 3 aliphatic rings. The fourth-order valence-electron chi connectivity index (χ4n) is 5.65. The summed E-state index contributed by atoms with van der Waals surface area (Å²) in [6.07, 6.45) is 12.6. The number of hydrogen-bond acceptors (Lipinski definition) is 3. The Morgan fingerprint density at radius 3 is 1.89 bits per heavy atom. The second-order valence-corrected chi connectivity index (χ2v) is 8.84. The van der Waals surface area contributed by atoms with Gasteiger partial charge in [0.25, 0.3) is 0 Å². The minimum atomic E-state index is -0.847. The van der Waals surface area contributed by atoms with Crippen LogP contribution in [0.15, 0.2) is 24.3 Å². The van der Waals surface area contributed by atoms with Crippen LogP contribution in [0.4, 0.5) is 5.69 Å². The van der Waals surface area contributed by atoms with Gasteiger partial charge in [0.05, 0.1) is 5.56 Å². The molecule has 1 saturated carbocycles. The van der Waals surface area contributed by atoms with Crippen LogP contribution in [0.3, 0.4) is 0 Å². The van der Waals surface area contributed by atoms with Gasteiger partial charge in [-0.05, 0) is 87.7 Å². The van der Waals surface area contributed by atoms with Gasteiger partial charge in [0.2, 0.25) is 0 Å². The van der Waals surface area contributed by atoms with E-state index in [1.54, 1.807) is 12.1 Å². The molecule has 1 aliphatic carbocycles. The van der Waals surface area contributed by atoms with Crippen LogP contribution in [0, 0.1) is 11.8 Å². The lowest BCUT2D eigenvalue weighted by Gasteiger charge is -2.43. The van der Waals surface area contributed by atoms with Crippen molar-refractivity contribution in [2.24, 2.45) is 11.8 Å². The molecule has 148 valence electrons. The van der Waals surface area contributed by atoms with Crippen LogP contribution in [0.5, 0.6) is 0 Å². The summed E-state index contributed by atoms with van der Waals surface area (Å²) >= 11 is 0. The lowest BCUT2D eigenvalue weighted by molar-refractivity contribution is 0.0697. The van der Waals surface area contributed by atoms with E-state index >= 15 is 0 Å². The lowest BCUT2D eigenvalue weighted by Crippen LogP contribution is -2.45. The van der Waals surface area contributed by atoms with Gasteiger partial charge in [-0.2, -0.15) is 0 Å². The number of likely N-dealkylation sites (tertiary alicyclic amines) is 1. The molecule has 0 radical (unpaired) electrons. The van der Waals surface area contributed by atoms with Gasteiger partial charge in [-0.15, -0.1) is 0 Å². The Bertz CT molecular complexity index is 608. The molecule has 4 heteroatoms. The van der Waals surface area contributed by atoms with E-state index in [1.807, 2.05) is 12.1 Å². The summed E-state index contributed by atoms with van der Waals surface area (Å²) in [5, 5.41) is 9.05. The largest absolute Gasteiger partial charge is 0.478 e. The Hall–Kier alpha value is -1.55. The molecule has 0 spiro atoms. The minimum absolute atomic E-state index is 0.373. The highest BCUT2D eigenvalue weighted by atomic mass is 16.4. The molecular formula is C23H34N2O2. The van der Waals surface area contributed by atoms with Crippen LogP contribution in [0.1, 0.15) is 68.1 Å². The minimum Gasteiger partial charge on any atom is -0.478 e. The van der Waals surface area contributed by atoms with Crippen LogP contribution >= 0.6 is 0 Å². The predicted octanol–water partition coefficient (Wildman–Crippen LogP) is 4.65. The maximum Gasteiger partial charge on any atom is 0.335 e. The van der Waals surface area contributed by atoms with Gasteiger partial charge in [-0.3, -0.25) is 0 Å². The molecular weight excluding hydrogens is 336 g/mol. The zero-order valence-corrected chi connectivity index (χ0v) is 16.5. The number of nitrogens with zero attached hydrogens (tertiary/aromatic N) is 2. The van der Waals surface area contributed by atoms with Crippen molar-refractivity contribution in [2.45, 2.75) is 63.8 Å². The van der Waals surface area contributed by atoms with Crippen LogP contribution in [-0.2, 0) is 0 Å². The average molecular weight is 371 g/mol. The quantitative estimate of drug-likeness (QED) is 0.838. The van der Waals surface area contributed by atoms with Crippen LogP contribution in [-0.4, -0.2) is 48.2 Å². The van der Waals surface area contributed by atoms with Crippen LogP contribution in [0.2, 0.25) is 0 Å². The van der Waals surface area contributed by atoms with Crippen molar-refractivity contribution in [3.8, 4) is 0 Å². The van der Waals surface area contributed by atoms with Gasteiger partial charge < -0.3 is 14.9 Å². The second kappa shape index (κ2) is 8.64. The standard InChI is InChI=1S/C23H34N2O2/c26-23(27)20-6-8-22(9-7-20)25-16-12-19(13-17-25)18-10-14-24(15-11-18)21-4-2-1-3-5-21/h6-9,18-19,21H,1-5,10-17H2,(H,26,27). The first-order valence-corrected chi connectivity index (χ1v) is 11.0. The number of carboxylic acid groups (broad SMARTS) is 1. The molecule has 1 aromatic rings. The Morgan fingerprint density at radius 2 is 1.33 bits per heavy atom. The van der Waals surface area contributed by atoms with Crippen LogP contribution < -0.4 is 4.90 Å². The molecule has 1 N–H and O–H groups in total. The van der Waals surface area contributed by atoms with Crippen molar-refractivity contribution in [3.05, 3.63) is 29.8 Å². The van der Waals surface area contributed by atoms with E-state index in [4.69, 9.17) is 5.11 Å². The third kappa shape index (κ3) is 4.48. The van der Waals surface area contributed by atoms with Crippen molar-refractivity contribution in [1.82, 2.24) is 4.90 Å². The summed E-state index contributed by atoms with van der Waals surface area (Å²) in [6, 6.07) is 8.27. The number of carboxylic acids is 1. The number of carbonyl (C=O) groups is 1. The fraction of sp³-hybridized carbons (Fsp3) is 0.696. The number of aromatic carboxylic acids is 1. The molecule has 0 bridgehead atoms. The second-order valence-electron chi connectivity index (χ2n) is 8.84. The number of benzene rings is 1. The van der Waals surface area contributed by atoms with Crippen molar-refractivity contribution in [1.29, 1.82) is 0 Å². The summed E-state index contributed by atoms with van der Waals surface area (Å²) in [7, 11) is 0. The van der Waals surface area contributed by atoms with Crippen molar-refractivity contribution in [2.75, 3.05) is 31.1 Å². The fourth-order valence-corrected chi connectivity index (χ4v) is 5.65. The number of piperidine rings is 2. The van der Waals surface area contributed by atoms with Crippen LogP contribution in [0.25, 0.3) is 0 Å². The Balaban J connectivity index is 1.24. The highest BCUT2D eigenvalue weighted by molar-refractivity contribution is 5.88. The molecule has 4 rings (SSSR count). The molecule has 27 heavy (non-hydrogen) atoms. The third-order valence-electron chi connectivity index (χ3n) is 7.35. The Kier molecular flexibility index (Phi) is 6.01. The molecule has 2 saturated heterocycles. The van der Waals surface area contributed by atoms with Gasteiger partial charge in [-0.25, -0.2) is 4.79 Å².